The Bertz CT molecular complexity index is 738. The van der Waals surface area contributed by atoms with Gasteiger partial charge in [0.25, 0.3) is 0 Å². The van der Waals surface area contributed by atoms with Gasteiger partial charge in [-0.2, -0.15) is 0 Å². The van der Waals surface area contributed by atoms with E-state index in [0.29, 0.717) is 5.56 Å². The molecule has 1 fully saturated rings. The first-order valence-corrected chi connectivity index (χ1v) is 8.42. The van der Waals surface area contributed by atoms with E-state index in [4.69, 9.17) is 4.74 Å². The van der Waals surface area contributed by atoms with Gasteiger partial charge in [-0.15, -0.1) is 0 Å². The van der Waals surface area contributed by atoms with Gasteiger partial charge in [-0.1, -0.05) is 32.3 Å². The Morgan fingerprint density at radius 3 is 2.65 bits per heavy atom. The van der Waals surface area contributed by atoms with Crippen molar-refractivity contribution in [3.63, 3.8) is 0 Å². The summed E-state index contributed by atoms with van der Waals surface area (Å²) in [7, 11) is 1.37. The van der Waals surface area contributed by atoms with Crippen molar-refractivity contribution >= 4 is 22.7 Å². The number of fused-ring (bicyclic) bond motifs is 1. The summed E-state index contributed by atoms with van der Waals surface area (Å²) in [6, 6.07) is 5.40. The molecule has 1 heterocycles. The fraction of sp³-hybridized carbons (Fsp3) is 0.474. The van der Waals surface area contributed by atoms with Crippen LogP contribution in [0.4, 0.5) is 0 Å². The fourth-order valence-corrected chi connectivity index (χ4v) is 3.61. The molecule has 0 spiro atoms. The van der Waals surface area contributed by atoms with Crippen LogP contribution in [0, 0.1) is 5.92 Å². The van der Waals surface area contributed by atoms with E-state index >= 15 is 0 Å². The van der Waals surface area contributed by atoms with Crippen molar-refractivity contribution in [2.24, 2.45) is 5.92 Å². The van der Waals surface area contributed by atoms with Gasteiger partial charge in [-0.25, -0.2) is 4.79 Å². The Labute approximate surface area is 136 Å². The lowest BCUT2D eigenvalue weighted by Gasteiger charge is -2.09. The summed E-state index contributed by atoms with van der Waals surface area (Å²) in [5.74, 6) is 0.0649. The standard InChI is InChI=1S/C19H23NO3/c1-3-6-15-17(18(21)12-7-4-5-8-12)14-10-9-13(19(22)23-2)11-16(14)20-15/h9-12,20H,3-8H2,1-2H3. The van der Waals surface area contributed by atoms with E-state index in [0.717, 1.165) is 60.7 Å². The molecule has 0 aliphatic heterocycles. The van der Waals surface area contributed by atoms with Gasteiger partial charge in [0, 0.05) is 28.1 Å². The number of ether oxygens (including phenoxy) is 1. The summed E-state index contributed by atoms with van der Waals surface area (Å²) < 4.78 is 4.78. The molecule has 2 aromatic rings. The number of benzene rings is 1. The van der Waals surface area contributed by atoms with Crippen LogP contribution in [-0.4, -0.2) is 23.8 Å². The number of nitrogens with one attached hydrogen (secondary N) is 1. The molecule has 0 atom stereocenters. The van der Waals surface area contributed by atoms with Gasteiger partial charge in [-0.3, -0.25) is 4.79 Å². The van der Waals surface area contributed by atoms with E-state index in [9.17, 15) is 9.59 Å². The number of ketones is 1. The predicted octanol–water partition coefficient (Wildman–Crippen LogP) is 4.28. The first-order chi connectivity index (χ1) is 11.2. The van der Waals surface area contributed by atoms with Gasteiger partial charge in [-0.05, 0) is 31.4 Å². The number of hydrogen-bond donors (Lipinski definition) is 1. The van der Waals surface area contributed by atoms with Crippen LogP contribution in [0.25, 0.3) is 10.9 Å². The number of carbonyl (C=O) groups excluding carboxylic acids is 2. The van der Waals surface area contributed by atoms with Crippen molar-refractivity contribution in [2.75, 3.05) is 7.11 Å². The van der Waals surface area contributed by atoms with E-state index in [1.54, 1.807) is 12.1 Å². The number of esters is 1. The highest BCUT2D eigenvalue weighted by Crippen LogP contribution is 2.33. The van der Waals surface area contributed by atoms with Crippen molar-refractivity contribution in [3.05, 3.63) is 35.0 Å². The number of carbonyl (C=O) groups is 2. The maximum Gasteiger partial charge on any atom is 0.337 e. The molecule has 0 saturated heterocycles. The quantitative estimate of drug-likeness (QED) is 0.662. The lowest BCUT2D eigenvalue weighted by atomic mass is 9.93. The van der Waals surface area contributed by atoms with Crippen molar-refractivity contribution in [1.29, 1.82) is 0 Å². The summed E-state index contributed by atoms with van der Waals surface area (Å²) in [4.78, 5) is 28.1. The molecule has 122 valence electrons. The van der Waals surface area contributed by atoms with Crippen LogP contribution in [-0.2, 0) is 11.2 Å². The molecule has 4 nitrogen and oxygen atoms in total. The normalized spacial score (nSPS) is 15.2. The molecule has 0 bridgehead atoms. The molecule has 1 aliphatic carbocycles. The maximum absolute atomic E-state index is 13.0. The number of hydrogen-bond acceptors (Lipinski definition) is 3. The third-order valence-corrected chi connectivity index (χ3v) is 4.77. The smallest absolute Gasteiger partial charge is 0.337 e. The van der Waals surface area contributed by atoms with E-state index in [-0.39, 0.29) is 17.7 Å². The number of Topliss-reactive ketones (excluding diaryl/α,β-unsaturated/α-hetero) is 1. The second-order valence-electron chi connectivity index (χ2n) is 6.33. The Hall–Kier alpha value is -2.10. The minimum Gasteiger partial charge on any atom is -0.465 e. The third-order valence-electron chi connectivity index (χ3n) is 4.77. The topological polar surface area (TPSA) is 59.2 Å². The van der Waals surface area contributed by atoms with Gasteiger partial charge in [0.15, 0.2) is 5.78 Å². The third kappa shape index (κ3) is 2.90. The number of aromatic nitrogens is 1. The zero-order chi connectivity index (χ0) is 16.4. The van der Waals surface area contributed by atoms with E-state index < -0.39 is 0 Å². The number of aromatic amines is 1. The number of H-pyrrole nitrogens is 1. The second-order valence-corrected chi connectivity index (χ2v) is 6.33. The molecular formula is C19H23NO3. The van der Waals surface area contributed by atoms with E-state index in [1.165, 1.54) is 7.11 Å². The predicted molar refractivity (Wildman–Crippen MR) is 89.9 cm³/mol. The highest BCUT2D eigenvalue weighted by molar-refractivity contribution is 6.11. The van der Waals surface area contributed by atoms with Crippen LogP contribution in [0.2, 0.25) is 0 Å². The molecule has 4 heteroatoms. The molecule has 0 radical (unpaired) electrons. The SMILES string of the molecule is CCCc1[nH]c2cc(C(=O)OC)ccc2c1C(=O)C1CCCC1. The molecule has 1 N–H and O–H groups in total. The number of aryl methyl sites for hydroxylation is 1. The van der Waals surface area contributed by atoms with E-state index in [2.05, 4.69) is 11.9 Å². The molecule has 1 aromatic heterocycles. The maximum atomic E-state index is 13.0. The molecular weight excluding hydrogens is 290 g/mol. The zero-order valence-electron chi connectivity index (χ0n) is 13.8. The van der Waals surface area contributed by atoms with Crippen LogP contribution in [0.1, 0.15) is 65.4 Å². The van der Waals surface area contributed by atoms with Crippen LogP contribution < -0.4 is 0 Å². The highest BCUT2D eigenvalue weighted by atomic mass is 16.5. The van der Waals surface area contributed by atoms with Gasteiger partial charge in [0.2, 0.25) is 0 Å². The van der Waals surface area contributed by atoms with Gasteiger partial charge < -0.3 is 9.72 Å². The summed E-state index contributed by atoms with van der Waals surface area (Å²) in [5.41, 5.74) is 3.19. The van der Waals surface area contributed by atoms with E-state index in [1.807, 2.05) is 6.07 Å². The van der Waals surface area contributed by atoms with Gasteiger partial charge in [0.05, 0.1) is 12.7 Å². The minimum absolute atomic E-state index is 0.157. The fourth-order valence-electron chi connectivity index (χ4n) is 3.61. The Kier molecular flexibility index (Phi) is 4.51. The summed E-state index contributed by atoms with van der Waals surface area (Å²) >= 11 is 0. The molecule has 1 aromatic carbocycles. The molecule has 1 saturated carbocycles. The summed E-state index contributed by atoms with van der Waals surface area (Å²) in [5, 5.41) is 0.929. The first-order valence-electron chi connectivity index (χ1n) is 8.42. The lowest BCUT2D eigenvalue weighted by Crippen LogP contribution is -2.12. The minimum atomic E-state index is -0.359. The van der Waals surface area contributed by atoms with Gasteiger partial charge >= 0.3 is 5.97 Å². The Balaban J connectivity index is 2.08. The van der Waals surface area contributed by atoms with Crippen LogP contribution in [0.3, 0.4) is 0 Å². The van der Waals surface area contributed by atoms with Crippen LogP contribution >= 0.6 is 0 Å². The highest BCUT2D eigenvalue weighted by Gasteiger charge is 2.28. The van der Waals surface area contributed by atoms with Crippen molar-refractivity contribution in [2.45, 2.75) is 45.4 Å². The molecule has 0 unspecified atom stereocenters. The molecule has 23 heavy (non-hydrogen) atoms. The first kappa shape index (κ1) is 15.8. The average molecular weight is 313 g/mol. The summed E-state index contributed by atoms with van der Waals surface area (Å²) in [6.45, 7) is 2.11. The number of methoxy groups -OCH3 is 1. The molecule has 3 rings (SSSR count). The molecule has 1 aliphatic rings. The molecule has 0 amide bonds. The lowest BCUT2D eigenvalue weighted by molar-refractivity contribution is 0.0600. The van der Waals surface area contributed by atoms with Crippen molar-refractivity contribution in [3.8, 4) is 0 Å². The average Bonchev–Trinajstić information content (AvgIpc) is 3.20. The van der Waals surface area contributed by atoms with Crippen LogP contribution in [0.5, 0.6) is 0 Å². The monoisotopic (exact) mass is 313 g/mol. The van der Waals surface area contributed by atoms with Crippen molar-refractivity contribution < 1.29 is 14.3 Å². The Morgan fingerprint density at radius 2 is 2.00 bits per heavy atom. The van der Waals surface area contributed by atoms with Gasteiger partial charge in [0.1, 0.15) is 0 Å². The number of rotatable bonds is 5. The van der Waals surface area contributed by atoms with Crippen LogP contribution in [0.15, 0.2) is 18.2 Å². The zero-order valence-corrected chi connectivity index (χ0v) is 13.8. The largest absolute Gasteiger partial charge is 0.465 e. The second kappa shape index (κ2) is 6.57. The van der Waals surface area contributed by atoms with Crippen molar-refractivity contribution in [1.82, 2.24) is 4.98 Å². The Morgan fingerprint density at radius 1 is 1.26 bits per heavy atom. The summed E-state index contributed by atoms with van der Waals surface area (Å²) in [6.07, 6.45) is 6.11.